The van der Waals surface area contributed by atoms with Crippen molar-refractivity contribution in [2.75, 3.05) is 6.51 Å². The van der Waals surface area contributed by atoms with Crippen molar-refractivity contribution in [1.82, 2.24) is 0 Å². The van der Waals surface area contributed by atoms with E-state index in [1.165, 1.54) is 25.7 Å². The third-order valence-corrected chi connectivity index (χ3v) is 2.09. The summed E-state index contributed by atoms with van der Waals surface area (Å²) in [4.78, 5) is 0. The Morgan fingerprint density at radius 3 is 2.44 bits per heavy atom. The zero-order valence-corrected chi connectivity index (χ0v) is 6.02. The third-order valence-electron chi connectivity index (χ3n) is 2.09. The molecule has 1 rings (SSSR count). The molecule has 1 nitrogen and oxygen atoms in total. The largest absolute Gasteiger partial charge is 0.385 e. The van der Waals surface area contributed by atoms with Crippen LogP contribution in [0, 0.1) is 0 Å². The number of hydrogen-bond donors (Lipinski definition) is 0. The molecule has 0 amide bonds. The van der Waals surface area contributed by atoms with Gasteiger partial charge >= 0.3 is 0 Å². The summed E-state index contributed by atoms with van der Waals surface area (Å²) >= 11 is 0. The predicted molar refractivity (Wildman–Crippen MR) is 38.6 cm³/mol. The Morgan fingerprint density at radius 2 is 2.00 bits per heavy atom. The van der Waals surface area contributed by atoms with Crippen molar-refractivity contribution in [3.63, 3.8) is 0 Å². The van der Waals surface area contributed by atoms with Gasteiger partial charge in [-0.2, -0.15) is 0 Å². The van der Waals surface area contributed by atoms with Crippen molar-refractivity contribution < 1.29 is 4.74 Å². The van der Waals surface area contributed by atoms with Crippen molar-refractivity contribution >= 4 is 7.85 Å². The molecule has 0 heterocycles. The molecule has 1 aliphatic carbocycles. The van der Waals surface area contributed by atoms with Crippen molar-refractivity contribution in [2.45, 2.75) is 38.2 Å². The second-order valence-electron chi connectivity index (χ2n) is 2.97. The molecule has 0 unspecified atom stereocenters. The first-order valence-electron chi connectivity index (χ1n) is 3.61. The van der Waals surface area contributed by atoms with Crippen LogP contribution >= 0.6 is 0 Å². The first-order valence-corrected chi connectivity index (χ1v) is 3.61. The van der Waals surface area contributed by atoms with Crippen molar-refractivity contribution in [3.05, 3.63) is 0 Å². The van der Waals surface area contributed by atoms with Crippen LogP contribution in [0.1, 0.15) is 32.6 Å². The fraction of sp³-hybridized carbons (Fsp3) is 1.00. The summed E-state index contributed by atoms with van der Waals surface area (Å²) in [5.41, 5.74) is 0.120. The monoisotopic (exact) mass is 124 g/mol. The topological polar surface area (TPSA) is 9.23 Å². The molecule has 0 aromatic carbocycles. The SMILES string of the molecule is [B]COC1(C)CCCC1. The Hall–Kier alpha value is 0.0249. The molecule has 0 N–H and O–H groups in total. The lowest BCUT2D eigenvalue weighted by atomic mass is 10.0. The second-order valence-corrected chi connectivity index (χ2v) is 2.97. The van der Waals surface area contributed by atoms with Gasteiger partial charge in [0.1, 0.15) is 7.85 Å². The lowest BCUT2D eigenvalue weighted by Crippen LogP contribution is -2.24. The van der Waals surface area contributed by atoms with Crippen LogP contribution in [0.4, 0.5) is 0 Å². The summed E-state index contributed by atoms with van der Waals surface area (Å²) in [5.74, 6) is 0. The molecule has 9 heavy (non-hydrogen) atoms. The predicted octanol–water partition coefficient (Wildman–Crippen LogP) is 1.46. The van der Waals surface area contributed by atoms with Crippen LogP contribution in [0.3, 0.4) is 0 Å². The minimum atomic E-state index is 0.120. The van der Waals surface area contributed by atoms with Crippen molar-refractivity contribution in [2.24, 2.45) is 0 Å². The molecule has 0 aromatic rings. The fourth-order valence-corrected chi connectivity index (χ4v) is 1.47. The van der Waals surface area contributed by atoms with Gasteiger partial charge in [-0.15, -0.1) is 0 Å². The molecule has 0 aromatic heterocycles. The molecule has 1 fully saturated rings. The molecule has 2 radical (unpaired) electrons. The van der Waals surface area contributed by atoms with Gasteiger partial charge in [0.05, 0.1) is 5.60 Å². The van der Waals surface area contributed by atoms with E-state index in [0.717, 1.165) is 0 Å². The summed E-state index contributed by atoms with van der Waals surface area (Å²) in [5, 5.41) is 0. The lowest BCUT2D eigenvalue weighted by molar-refractivity contribution is -0.0000330. The average Bonchev–Trinajstić information content (AvgIpc) is 2.16. The van der Waals surface area contributed by atoms with Crippen LogP contribution in [0.15, 0.2) is 0 Å². The maximum atomic E-state index is 5.37. The van der Waals surface area contributed by atoms with Gasteiger partial charge in [0.2, 0.25) is 0 Å². The number of ether oxygens (including phenoxy) is 1. The van der Waals surface area contributed by atoms with Crippen molar-refractivity contribution in [3.8, 4) is 0 Å². The zero-order valence-electron chi connectivity index (χ0n) is 6.02. The van der Waals surface area contributed by atoms with Gasteiger partial charge in [-0.05, 0) is 19.8 Å². The zero-order chi connectivity index (χ0) is 6.74. The van der Waals surface area contributed by atoms with Crippen LogP contribution in [0.2, 0.25) is 0 Å². The molecule has 0 atom stereocenters. The summed E-state index contributed by atoms with van der Waals surface area (Å²) in [7, 11) is 5.27. The van der Waals surface area contributed by atoms with Gasteiger partial charge in [-0.25, -0.2) is 0 Å². The smallest absolute Gasteiger partial charge is 0.104 e. The third kappa shape index (κ3) is 1.72. The first-order chi connectivity index (χ1) is 4.27. The Bertz CT molecular complexity index is 86.9. The van der Waals surface area contributed by atoms with E-state index < -0.39 is 0 Å². The maximum Gasteiger partial charge on any atom is 0.104 e. The molecule has 50 valence electrons. The molecule has 0 aliphatic heterocycles. The Balaban J connectivity index is 2.32. The second kappa shape index (κ2) is 2.74. The Labute approximate surface area is 58.2 Å². The summed E-state index contributed by atoms with van der Waals surface area (Å²) < 4.78 is 5.37. The summed E-state index contributed by atoms with van der Waals surface area (Å²) in [6.45, 7) is 2.52. The maximum absolute atomic E-state index is 5.37. The van der Waals surface area contributed by atoms with Gasteiger partial charge in [0.15, 0.2) is 0 Å². The molecule has 0 spiro atoms. The van der Waals surface area contributed by atoms with E-state index in [0.29, 0.717) is 6.51 Å². The highest BCUT2D eigenvalue weighted by molar-refractivity contribution is 6.08. The van der Waals surface area contributed by atoms with E-state index in [-0.39, 0.29) is 5.60 Å². The van der Waals surface area contributed by atoms with E-state index in [4.69, 9.17) is 12.6 Å². The fourth-order valence-electron chi connectivity index (χ4n) is 1.47. The molecule has 2 heteroatoms. The normalized spacial score (nSPS) is 24.6. The lowest BCUT2D eigenvalue weighted by Gasteiger charge is -2.23. The number of rotatable bonds is 2. The van der Waals surface area contributed by atoms with E-state index in [2.05, 4.69) is 6.92 Å². The molecule has 1 aliphatic rings. The van der Waals surface area contributed by atoms with E-state index in [1.54, 1.807) is 0 Å². The molecular formula is C7H13BO. The van der Waals surface area contributed by atoms with E-state index in [1.807, 2.05) is 0 Å². The minimum absolute atomic E-state index is 0.120. The van der Waals surface area contributed by atoms with Crippen LogP contribution < -0.4 is 0 Å². The Morgan fingerprint density at radius 1 is 1.44 bits per heavy atom. The minimum Gasteiger partial charge on any atom is -0.385 e. The highest BCUT2D eigenvalue weighted by atomic mass is 16.5. The van der Waals surface area contributed by atoms with Crippen LogP contribution in [0.5, 0.6) is 0 Å². The first kappa shape index (κ1) is 7.14. The highest BCUT2D eigenvalue weighted by Crippen LogP contribution is 2.31. The van der Waals surface area contributed by atoms with Gasteiger partial charge < -0.3 is 4.74 Å². The van der Waals surface area contributed by atoms with Crippen LogP contribution in [0.25, 0.3) is 0 Å². The molecule has 0 bridgehead atoms. The van der Waals surface area contributed by atoms with Crippen LogP contribution in [-0.4, -0.2) is 20.0 Å². The van der Waals surface area contributed by atoms with Gasteiger partial charge in [0.25, 0.3) is 0 Å². The standard InChI is InChI=1S/C7H13BO/c1-7(9-6-8)4-2-3-5-7/h2-6H2,1H3. The Kier molecular flexibility index (Phi) is 2.17. The number of hydrogen-bond acceptors (Lipinski definition) is 1. The summed E-state index contributed by atoms with van der Waals surface area (Å²) in [6, 6.07) is 0. The quantitative estimate of drug-likeness (QED) is 0.506. The van der Waals surface area contributed by atoms with Gasteiger partial charge in [0, 0.05) is 6.51 Å². The van der Waals surface area contributed by atoms with E-state index >= 15 is 0 Å². The van der Waals surface area contributed by atoms with Crippen molar-refractivity contribution in [1.29, 1.82) is 0 Å². The molecule has 0 saturated heterocycles. The van der Waals surface area contributed by atoms with Crippen LogP contribution in [-0.2, 0) is 4.74 Å². The van der Waals surface area contributed by atoms with E-state index in [9.17, 15) is 0 Å². The van der Waals surface area contributed by atoms with Gasteiger partial charge in [-0.3, -0.25) is 0 Å². The average molecular weight is 124 g/mol. The van der Waals surface area contributed by atoms with Gasteiger partial charge in [-0.1, -0.05) is 12.8 Å². The molecular weight excluding hydrogens is 111 g/mol. The highest BCUT2D eigenvalue weighted by Gasteiger charge is 2.28. The summed E-state index contributed by atoms with van der Waals surface area (Å²) in [6.07, 6.45) is 4.97. The molecule has 1 saturated carbocycles.